The maximum atomic E-state index is 12.8. The molecule has 2 aromatic carbocycles. The van der Waals surface area contributed by atoms with Crippen molar-refractivity contribution in [3.05, 3.63) is 71.9 Å². The highest BCUT2D eigenvalue weighted by molar-refractivity contribution is 7.98. The lowest BCUT2D eigenvalue weighted by Crippen LogP contribution is -1.95. The van der Waals surface area contributed by atoms with Gasteiger partial charge in [0.15, 0.2) is 6.61 Å². The third-order valence-electron chi connectivity index (χ3n) is 2.83. The smallest absolute Gasteiger partial charge is 0.277 e. The molecule has 0 atom stereocenters. The number of aromatic nitrogens is 2. The Morgan fingerprint density at radius 3 is 2.55 bits per heavy atom. The molecule has 112 valence electrons. The Labute approximate surface area is 131 Å². The van der Waals surface area contributed by atoms with Crippen molar-refractivity contribution in [2.24, 2.45) is 0 Å². The van der Waals surface area contributed by atoms with Gasteiger partial charge in [-0.15, -0.1) is 10.2 Å². The van der Waals surface area contributed by atoms with Gasteiger partial charge in [-0.3, -0.25) is 0 Å². The third-order valence-corrected chi connectivity index (χ3v) is 3.72. The molecule has 1 heterocycles. The van der Waals surface area contributed by atoms with Gasteiger partial charge in [-0.1, -0.05) is 42.1 Å². The van der Waals surface area contributed by atoms with Crippen molar-refractivity contribution in [1.29, 1.82) is 0 Å². The molecule has 4 nitrogen and oxygen atoms in total. The summed E-state index contributed by atoms with van der Waals surface area (Å²) in [7, 11) is 0. The Bertz CT molecular complexity index is 717. The van der Waals surface area contributed by atoms with Crippen molar-refractivity contribution < 1.29 is 13.5 Å². The van der Waals surface area contributed by atoms with Crippen LogP contribution in [0.25, 0.3) is 0 Å². The van der Waals surface area contributed by atoms with E-state index in [1.54, 1.807) is 12.1 Å². The molecule has 0 amide bonds. The van der Waals surface area contributed by atoms with E-state index in [4.69, 9.17) is 9.15 Å². The Kier molecular flexibility index (Phi) is 4.70. The van der Waals surface area contributed by atoms with E-state index in [0.29, 0.717) is 16.9 Å². The van der Waals surface area contributed by atoms with E-state index >= 15 is 0 Å². The van der Waals surface area contributed by atoms with E-state index in [2.05, 4.69) is 10.2 Å². The van der Waals surface area contributed by atoms with Gasteiger partial charge in [0.2, 0.25) is 0 Å². The summed E-state index contributed by atoms with van der Waals surface area (Å²) in [5.74, 6) is 1.41. The number of nitrogens with zero attached hydrogens (tertiary/aromatic N) is 2. The normalized spacial score (nSPS) is 10.6. The molecule has 0 radical (unpaired) electrons. The van der Waals surface area contributed by atoms with Gasteiger partial charge in [-0.25, -0.2) is 4.39 Å². The first kappa shape index (κ1) is 14.6. The van der Waals surface area contributed by atoms with Crippen LogP contribution in [0.3, 0.4) is 0 Å². The lowest BCUT2D eigenvalue weighted by atomic mass is 10.2. The number of ether oxygens (including phenoxy) is 1. The van der Waals surface area contributed by atoms with E-state index in [-0.39, 0.29) is 12.4 Å². The molecule has 0 aliphatic heterocycles. The summed E-state index contributed by atoms with van der Waals surface area (Å²) in [6.07, 6.45) is 0. The maximum absolute atomic E-state index is 12.8. The van der Waals surface area contributed by atoms with Crippen molar-refractivity contribution >= 4 is 11.8 Å². The van der Waals surface area contributed by atoms with Crippen LogP contribution in [0, 0.1) is 5.82 Å². The fourth-order valence-electron chi connectivity index (χ4n) is 1.75. The molecule has 0 unspecified atom stereocenters. The van der Waals surface area contributed by atoms with Gasteiger partial charge in [-0.2, -0.15) is 0 Å². The Morgan fingerprint density at radius 2 is 1.77 bits per heavy atom. The number of benzene rings is 2. The molecule has 0 aliphatic rings. The van der Waals surface area contributed by atoms with Gasteiger partial charge in [-0.05, 0) is 29.8 Å². The van der Waals surface area contributed by atoms with Gasteiger partial charge in [0.05, 0.1) is 0 Å². The average Bonchev–Trinajstić information content (AvgIpc) is 3.01. The minimum atomic E-state index is -0.301. The molecule has 0 saturated carbocycles. The highest BCUT2D eigenvalue weighted by Crippen LogP contribution is 2.21. The molecule has 1 aromatic heterocycles. The lowest BCUT2D eigenvalue weighted by Gasteiger charge is -2.02. The Hall–Kier alpha value is -2.34. The molecule has 3 rings (SSSR count). The maximum Gasteiger partial charge on any atom is 0.277 e. The number of hydrogen-bond donors (Lipinski definition) is 0. The summed E-state index contributed by atoms with van der Waals surface area (Å²) >= 11 is 1.47. The van der Waals surface area contributed by atoms with Crippen LogP contribution in [0.5, 0.6) is 5.75 Å². The van der Waals surface area contributed by atoms with E-state index in [1.165, 1.54) is 29.5 Å². The van der Waals surface area contributed by atoms with Crippen LogP contribution in [0.1, 0.15) is 11.5 Å². The van der Waals surface area contributed by atoms with Crippen molar-refractivity contribution in [3.8, 4) is 5.75 Å². The number of hydrogen-bond acceptors (Lipinski definition) is 5. The second-order valence-electron chi connectivity index (χ2n) is 4.48. The second kappa shape index (κ2) is 7.09. The van der Waals surface area contributed by atoms with E-state index in [1.807, 2.05) is 30.3 Å². The molecule has 0 saturated heterocycles. The van der Waals surface area contributed by atoms with Crippen LogP contribution < -0.4 is 4.74 Å². The largest absolute Gasteiger partial charge is 0.484 e. The van der Waals surface area contributed by atoms with Crippen molar-refractivity contribution in [2.75, 3.05) is 0 Å². The standard InChI is InChI=1S/C16H13FN2O2S/c17-13-6-8-14(9-7-13)20-10-15-18-19-16(21-15)22-11-12-4-2-1-3-5-12/h1-9H,10-11H2. The molecule has 0 N–H and O–H groups in total. The van der Waals surface area contributed by atoms with Gasteiger partial charge in [0, 0.05) is 5.75 Å². The van der Waals surface area contributed by atoms with Crippen LogP contribution in [-0.2, 0) is 12.4 Å². The van der Waals surface area contributed by atoms with Gasteiger partial charge < -0.3 is 9.15 Å². The molecule has 0 bridgehead atoms. The SMILES string of the molecule is Fc1ccc(OCc2nnc(SCc3ccccc3)o2)cc1. The molecule has 0 fully saturated rings. The van der Waals surface area contributed by atoms with Crippen LogP contribution >= 0.6 is 11.8 Å². The summed E-state index contributed by atoms with van der Waals surface area (Å²) < 4.78 is 23.7. The minimum Gasteiger partial charge on any atom is -0.484 e. The summed E-state index contributed by atoms with van der Waals surface area (Å²) in [5, 5.41) is 8.39. The number of thioether (sulfide) groups is 1. The fourth-order valence-corrected chi connectivity index (χ4v) is 2.49. The zero-order chi connectivity index (χ0) is 15.2. The average molecular weight is 316 g/mol. The lowest BCUT2D eigenvalue weighted by molar-refractivity contribution is 0.252. The van der Waals surface area contributed by atoms with Crippen molar-refractivity contribution in [2.45, 2.75) is 17.6 Å². The molecule has 0 spiro atoms. The molecular weight excluding hydrogens is 303 g/mol. The van der Waals surface area contributed by atoms with Crippen LogP contribution in [0.2, 0.25) is 0 Å². The monoisotopic (exact) mass is 316 g/mol. The topological polar surface area (TPSA) is 48.2 Å². The summed E-state index contributed by atoms with van der Waals surface area (Å²) in [6.45, 7) is 0.157. The summed E-state index contributed by atoms with van der Waals surface area (Å²) in [6, 6.07) is 15.8. The van der Waals surface area contributed by atoms with E-state index in [9.17, 15) is 4.39 Å². The van der Waals surface area contributed by atoms with Gasteiger partial charge >= 0.3 is 0 Å². The highest BCUT2D eigenvalue weighted by Gasteiger charge is 2.08. The minimum absolute atomic E-state index is 0.157. The quantitative estimate of drug-likeness (QED) is 0.641. The molecular formula is C16H13FN2O2S. The molecule has 22 heavy (non-hydrogen) atoms. The molecule has 3 aromatic rings. The number of rotatable bonds is 6. The number of halogens is 1. The van der Waals surface area contributed by atoms with Gasteiger partial charge in [0.25, 0.3) is 11.1 Å². The van der Waals surface area contributed by atoms with Crippen molar-refractivity contribution in [1.82, 2.24) is 10.2 Å². The predicted octanol–water partition coefficient (Wildman–Crippen LogP) is 4.08. The fraction of sp³-hybridized carbons (Fsp3) is 0.125. The molecule has 6 heteroatoms. The molecule has 0 aliphatic carbocycles. The highest BCUT2D eigenvalue weighted by atomic mass is 32.2. The zero-order valence-electron chi connectivity index (χ0n) is 11.6. The zero-order valence-corrected chi connectivity index (χ0v) is 12.4. The first-order valence-corrected chi connectivity index (χ1v) is 7.65. The second-order valence-corrected chi connectivity index (χ2v) is 5.41. The van der Waals surface area contributed by atoms with Crippen molar-refractivity contribution in [3.63, 3.8) is 0 Å². The van der Waals surface area contributed by atoms with E-state index < -0.39 is 0 Å². The first-order valence-electron chi connectivity index (χ1n) is 6.67. The summed E-state index contributed by atoms with van der Waals surface area (Å²) in [5.41, 5.74) is 1.19. The first-order chi connectivity index (χ1) is 10.8. The Balaban J connectivity index is 1.51. The van der Waals surface area contributed by atoms with Gasteiger partial charge in [0.1, 0.15) is 11.6 Å². The van der Waals surface area contributed by atoms with Crippen LogP contribution in [0.15, 0.2) is 64.2 Å². The predicted molar refractivity (Wildman–Crippen MR) is 81.0 cm³/mol. The summed E-state index contributed by atoms with van der Waals surface area (Å²) in [4.78, 5) is 0. The van der Waals surface area contributed by atoms with Crippen LogP contribution in [0.4, 0.5) is 4.39 Å². The third kappa shape index (κ3) is 4.08. The van der Waals surface area contributed by atoms with E-state index in [0.717, 1.165) is 5.75 Å². The van der Waals surface area contributed by atoms with Crippen LogP contribution in [-0.4, -0.2) is 10.2 Å². The Morgan fingerprint density at radius 1 is 1.00 bits per heavy atom.